The fraction of sp³-hybridized carbons (Fsp3) is 0.389. The van der Waals surface area contributed by atoms with Crippen LogP contribution in [0.1, 0.15) is 25.8 Å². The number of fused-ring (bicyclic) bond motifs is 1. The SMILES string of the molecule is C=C(N)[C@@H](CC(=O)NCCc1c[nH]c2ccccc12)C(C)C. The van der Waals surface area contributed by atoms with Gasteiger partial charge in [-0.3, -0.25) is 4.79 Å². The van der Waals surface area contributed by atoms with Gasteiger partial charge in [0.25, 0.3) is 0 Å². The molecule has 0 saturated carbocycles. The molecule has 4 nitrogen and oxygen atoms in total. The molecule has 2 aromatic rings. The number of hydrogen-bond acceptors (Lipinski definition) is 2. The largest absolute Gasteiger partial charge is 0.402 e. The van der Waals surface area contributed by atoms with E-state index < -0.39 is 0 Å². The van der Waals surface area contributed by atoms with Gasteiger partial charge >= 0.3 is 0 Å². The highest BCUT2D eigenvalue weighted by molar-refractivity contribution is 5.83. The Labute approximate surface area is 131 Å². The van der Waals surface area contributed by atoms with Gasteiger partial charge in [0, 0.05) is 41.7 Å². The zero-order valence-electron chi connectivity index (χ0n) is 13.4. The van der Waals surface area contributed by atoms with E-state index in [9.17, 15) is 4.79 Å². The number of amides is 1. The lowest BCUT2D eigenvalue weighted by Crippen LogP contribution is -2.30. The maximum Gasteiger partial charge on any atom is 0.220 e. The second-order valence-corrected chi connectivity index (χ2v) is 6.09. The summed E-state index contributed by atoms with van der Waals surface area (Å²) in [5, 5.41) is 4.19. The summed E-state index contributed by atoms with van der Waals surface area (Å²) in [7, 11) is 0. The maximum atomic E-state index is 12.0. The van der Waals surface area contributed by atoms with Crippen molar-refractivity contribution in [3.05, 3.63) is 48.3 Å². The molecule has 1 aromatic carbocycles. The molecular weight excluding hydrogens is 274 g/mol. The lowest BCUT2D eigenvalue weighted by atomic mass is 9.90. The van der Waals surface area contributed by atoms with Crippen LogP contribution in [-0.2, 0) is 11.2 Å². The number of benzene rings is 1. The third kappa shape index (κ3) is 3.91. The lowest BCUT2D eigenvalue weighted by molar-refractivity contribution is -0.122. The number of allylic oxidation sites excluding steroid dienone is 1. The van der Waals surface area contributed by atoms with Gasteiger partial charge in [-0.2, -0.15) is 0 Å². The van der Waals surface area contributed by atoms with Gasteiger partial charge in [0.2, 0.25) is 5.91 Å². The van der Waals surface area contributed by atoms with E-state index in [-0.39, 0.29) is 11.8 Å². The standard InChI is InChI=1S/C18H25N3O/c1-12(2)16(13(3)19)10-18(22)20-9-8-14-11-21-17-7-5-4-6-15(14)17/h4-7,11-12,16,21H,3,8-10,19H2,1-2H3,(H,20,22)/t16-/m0/s1. The number of rotatable bonds is 7. The molecule has 0 radical (unpaired) electrons. The summed E-state index contributed by atoms with van der Waals surface area (Å²) in [6, 6.07) is 8.18. The third-order valence-corrected chi connectivity index (χ3v) is 4.08. The summed E-state index contributed by atoms with van der Waals surface area (Å²) in [4.78, 5) is 15.3. The van der Waals surface area contributed by atoms with Gasteiger partial charge in [0.05, 0.1) is 0 Å². The van der Waals surface area contributed by atoms with Crippen LogP contribution in [0, 0.1) is 11.8 Å². The van der Waals surface area contributed by atoms with E-state index in [1.54, 1.807) is 0 Å². The summed E-state index contributed by atoms with van der Waals surface area (Å²) in [5.74, 6) is 0.384. The first-order valence-electron chi connectivity index (χ1n) is 7.75. The van der Waals surface area contributed by atoms with Crippen LogP contribution in [0.4, 0.5) is 0 Å². The van der Waals surface area contributed by atoms with Gasteiger partial charge in [-0.15, -0.1) is 0 Å². The number of nitrogens with two attached hydrogens (primary N) is 1. The lowest BCUT2D eigenvalue weighted by Gasteiger charge is -2.20. The minimum absolute atomic E-state index is 0.0325. The minimum atomic E-state index is 0.0325. The number of carbonyl (C=O) groups excluding carboxylic acids is 1. The molecule has 0 saturated heterocycles. The molecule has 0 bridgehead atoms. The van der Waals surface area contributed by atoms with Crippen molar-refractivity contribution in [1.29, 1.82) is 0 Å². The van der Waals surface area contributed by atoms with Crippen LogP contribution in [0.3, 0.4) is 0 Å². The van der Waals surface area contributed by atoms with Crippen LogP contribution in [0.2, 0.25) is 0 Å². The van der Waals surface area contributed by atoms with E-state index in [0.29, 0.717) is 24.6 Å². The highest BCUT2D eigenvalue weighted by Crippen LogP contribution is 2.20. The van der Waals surface area contributed by atoms with Crippen LogP contribution >= 0.6 is 0 Å². The van der Waals surface area contributed by atoms with E-state index in [0.717, 1.165) is 11.9 Å². The molecule has 118 valence electrons. The zero-order chi connectivity index (χ0) is 16.1. The number of H-pyrrole nitrogens is 1. The molecule has 0 aliphatic rings. The van der Waals surface area contributed by atoms with Gasteiger partial charge in [-0.25, -0.2) is 0 Å². The highest BCUT2D eigenvalue weighted by atomic mass is 16.1. The number of hydrogen-bond donors (Lipinski definition) is 3. The Bertz CT molecular complexity index is 657. The summed E-state index contributed by atoms with van der Waals surface area (Å²) in [5.41, 5.74) is 8.71. The van der Waals surface area contributed by atoms with E-state index in [4.69, 9.17) is 5.73 Å². The van der Waals surface area contributed by atoms with Gasteiger partial charge in [0.15, 0.2) is 0 Å². The molecule has 4 N–H and O–H groups in total. The molecule has 1 heterocycles. The topological polar surface area (TPSA) is 70.9 Å². The molecule has 2 rings (SSSR count). The van der Waals surface area contributed by atoms with Crippen molar-refractivity contribution in [2.24, 2.45) is 17.6 Å². The average Bonchev–Trinajstić information content (AvgIpc) is 2.88. The fourth-order valence-corrected chi connectivity index (χ4v) is 2.74. The number of carbonyl (C=O) groups is 1. The first kappa shape index (κ1) is 16.1. The minimum Gasteiger partial charge on any atom is -0.402 e. The van der Waals surface area contributed by atoms with Gasteiger partial charge in [-0.05, 0) is 24.0 Å². The van der Waals surface area contributed by atoms with Crippen molar-refractivity contribution in [2.75, 3.05) is 6.54 Å². The van der Waals surface area contributed by atoms with E-state index in [2.05, 4.69) is 42.9 Å². The fourth-order valence-electron chi connectivity index (χ4n) is 2.74. The zero-order valence-corrected chi connectivity index (χ0v) is 13.4. The molecule has 4 heteroatoms. The average molecular weight is 299 g/mol. The Balaban J connectivity index is 1.85. The van der Waals surface area contributed by atoms with E-state index in [1.165, 1.54) is 10.9 Å². The van der Waals surface area contributed by atoms with Crippen LogP contribution in [0.5, 0.6) is 0 Å². The Morgan fingerprint density at radius 3 is 2.77 bits per heavy atom. The van der Waals surface area contributed by atoms with Crippen LogP contribution < -0.4 is 11.1 Å². The summed E-state index contributed by atoms with van der Waals surface area (Å²) in [6.45, 7) is 8.52. The summed E-state index contributed by atoms with van der Waals surface area (Å²) >= 11 is 0. The van der Waals surface area contributed by atoms with Gasteiger partial charge in [0.1, 0.15) is 0 Å². The Morgan fingerprint density at radius 1 is 1.36 bits per heavy atom. The first-order valence-corrected chi connectivity index (χ1v) is 7.75. The number of nitrogens with one attached hydrogen (secondary N) is 2. The molecule has 1 amide bonds. The van der Waals surface area contributed by atoms with Crippen molar-refractivity contribution in [2.45, 2.75) is 26.7 Å². The molecule has 1 atom stereocenters. The van der Waals surface area contributed by atoms with Crippen LogP contribution in [-0.4, -0.2) is 17.4 Å². The van der Waals surface area contributed by atoms with E-state index >= 15 is 0 Å². The Kier molecular flexibility index (Phi) is 5.26. The van der Waals surface area contributed by atoms with Crippen LogP contribution in [0.25, 0.3) is 10.9 Å². The Hall–Kier alpha value is -2.23. The molecule has 22 heavy (non-hydrogen) atoms. The second kappa shape index (κ2) is 7.16. The predicted octanol–water partition coefficient (Wildman–Crippen LogP) is 2.96. The summed E-state index contributed by atoms with van der Waals surface area (Å²) in [6.07, 6.45) is 3.22. The maximum absolute atomic E-state index is 12.0. The second-order valence-electron chi connectivity index (χ2n) is 6.09. The van der Waals surface area contributed by atoms with Crippen molar-refractivity contribution in [3.63, 3.8) is 0 Å². The normalized spacial score (nSPS) is 12.5. The Morgan fingerprint density at radius 2 is 2.09 bits per heavy atom. The van der Waals surface area contributed by atoms with Crippen molar-refractivity contribution < 1.29 is 4.79 Å². The van der Waals surface area contributed by atoms with Gasteiger partial charge < -0.3 is 16.0 Å². The smallest absolute Gasteiger partial charge is 0.220 e. The highest BCUT2D eigenvalue weighted by Gasteiger charge is 2.18. The molecule has 0 unspecified atom stereocenters. The summed E-state index contributed by atoms with van der Waals surface area (Å²) < 4.78 is 0. The van der Waals surface area contributed by atoms with Crippen LogP contribution in [0.15, 0.2) is 42.7 Å². The van der Waals surface area contributed by atoms with E-state index in [1.807, 2.05) is 18.3 Å². The molecule has 0 aliphatic heterocycles. The number of para-hydroxylation sites is 1. The quantitative estimate of drug-likeness (QED) is 0.735. The molecule has 0 spiro atoms. The number of aromatic amines is 1. The third-order valence-electron chi connectivity index (χ3n) is 4.08. The predicted molar refractivity (Wildman–Crippen MR) is 91.3 cm³/mol. The molecule has 0 aliphatic carbocycles. The van der Waals surface area contributed by atoms with Crippen molar-refractivity contribution in [1.82, 2.24) is 10.3 Å². The number of aromatic nitrogens is 1. The molecule has 1 aromatic heterocycles. The van der Waals surface area contributed by atoms with Crippen molar-refractivity contribution >= 4 is 16.8 Å². The molecular formula is C18H25N3O. The monoisotopic (exact) mass is 299 g/mol. The molecule has 0 fully saturated rings. The van der Waals surface area contributed by atoms with Gasteiger partial charge in [-0.1, -0.05) is 38.6 Å². The van der Waals surface area contributed by atoms with Crippen molar-refractivity contribution in [3.8, 4) is 0 Å². The first-order chi connectivity index (χ1) is 10.5.